The van der Waals surface area contributed by atoms with E-state index in [0.29, 0.717) is 0 Å². The molecule has 0 bridgehead atoms. The smallest absolute Gasteiger partial charge is 0.239 e. The van der Waals surface area contributed by atoms with E-state index >= 15 is 0 Å². The van der Waals surface area contributed by atoms with Crippen molar-refractivity contribution in [2.24, 2.45) is 11.7 Å². The van der Waals surface area contributed by atoms with E-state index in [0.717, 1.165) is 12.3 Å². The van der Waals surface area contributed by atoms with E-state index in [1.807, 2.05) is 0 Å². The molecule has 3 heteroatoms. The lowest BCUT2D eigenvalue weighted by molar-refractivity contribution is -0.125. The minimum atomic E-state index is -0.765. The van der Waals surface area contributed by atoms with Gasteiger partial charge in [-0.2, -0.15) is 0 Å². The van der Waals surface area contributed by atoms with Crippen LogP contribution in [-0.2, 0) is 4.79 Å². The second kappa shape index (κ2) is 6.39. The molecule has 1 aliphatic carbocycles. The SMILES string of the molecule is CC(CCC1CCCCC1)NC(=O)C(C)(C)N. The number of nitrogens with two attached hydrogens (primary N) is 1. The van der Waals surface area contributed by atoms with Crippen molar-refractivity contribution in [2.45, 2.75) is 77.3 Å². The van der Waals surface area contributed by atoms with E-state index < -0.39 is 5.54 Å². The van der Waals surface area contributed by atoms with Crippen molar-refractivity contribution < 1.29 is 4.79 Å². The van der Waals surface area contributed by atoms with Gasteiger partial charge in [-0.3, -0.25) is 4.79 Å². The first-order chi connectivity index (χ1) is 7.89. The van der Waals surface area contributed by atoms with Crippen molar-refractivity contribution in [3.8, 4) is 0 Å². The third kappa shape index (κ3) is 5.53. The summed E-state index contributed by atoms with van der Waals surface area (Å²) in [6.07, 6.45) is 9.26. The van der Waals surface area contributed by atoms with Crippen molar-refractivity contribution in [3.63, 3.8) is 0 Å². The fourth-order valence-corrected chi connectivity index (χ4v) is 2.44. The molecule has 1 rings (SSSR count). The minimum Gasteiger partial charge on any atom is -0.352 e. The van der Waals surface area contributed by atoms with Crippen LogP contribution in [-0.4, -0.2) is 17.5 Å². The molecule has 0 spiro atoms. The topological polar surface area (TPSA) is 55.1 Å². The number of hydrogen-bond acceptors (Lipinski definition) is 2. The molecule has 0 aliphatic heterocycles. The lowest BCUT2D eigenvalue weighted by Crippen LogP contribution is -2.51. The maximum absolute atomic E-state index is 11.7. The number of rotatable bonds is 5. The van der Waals surface area contributed by atoms with Gasteiger partial charge in [0.25, 0.3) is 0 Å². The highest BCUT2D eigenvalue weighted by Gasteiger charge is 2.23. The molecule has 100 valence electrons. The van der Waals surface area contributed by atoms with E-state index in [1.165, 1.54) is 38.5 Å². The summed E-state index contributed by atoms with van der Waals surface area (Å²) in [4.78, 5) is 11.7. The Balaban J connectivity index is 2.20. The molecule has 1 saturated carbocycles. The first kappa shape index (κ1) is 14.5. The number of carbonyl (C=O) groups is 1. The lowest BCUT2D eigenvalue weighted by atomic mass is 9.85. The van der Waals surface area contributed by atoms with Crippen LogP contribution in [0.25, 0.3) is 0 Å². The van der Waals surface area contributed by atoms with Crippen molar-refractivity contribution in [1.29, 1.82) is 0 Å². The number of hydrogen-bond donors (Lipinski definition) is 2. The number of carbonyl (C=O) groups excluding carboxylic acids is 1. The summed E-state index contributed by atoms with van der Waals surface area (Å²) in [7, 11) is 0. The standard InChI is InChI=1S/C14H28N2O/c1-11(16-13(17)14(2,3)15)9-10-12-7-5-4-6-8-12/h11-12H,4-10,15H2,1-3H3,(H,16,17). The third-order valence-electron chi connectivity index (χ3n) is 3.70. The van der Waals surface area contributed by atoms with Crippen molar-refractivity contribution in [1.82, 2.24) is 5.32 Å². The summed E-state index contributed by atoms with van der Waals surface area (Å²) in [6, 6.07) is 0.243. The average molecular weight is 240 g/mol. The molecule has 0 radical (unpaired) electrons. The van der Waals surface area contributed by atoms with Gasteiger partial charge in [-0.05, 0) is 39.5 Å². The molecule has 1 unspecified atom stereocenters. The molecule has 3 N–H and O–H groups in total. The highest BCUT2D eigenvalue weighted by molar-refractivity contribution is 5.85. The lowest BCUT2D eigenvalue weighted by Gasteiger charge is -2.25. The van der Waals surface area contributed by atoms with E-state index in [2.05, 4.69) is 12.2 Å². The van der Waals surface area contributed by atoms with Gasteiger partial charge in [0.15, 0.2) is 0 Å². The molecular weight excluding hydrogens is 212 g/mol. The molecule has 0 aromatic rings. The van der Waals surface area contributed by atoms with Crippen molar-refractivity contribution >= 4 is 5.91 Å². The Bertz CT molecular complexity index is 239. The zero-order valence-electron chi connectivity index (χ0n) is 11.6. The maximum Gasteiger partial charge on any atom is 0.239 e. The van der Waals surface area contributed by atoms with Gasteiger partial charge in [0, 0.05) is 6.04 Å². The molecule has 3 nitrogen and oxygen atoms in total. The van der Waals surface area contributed by atoms with Crippen LogP contribution < -0.4 is 11.1 Å². The maximum atomic E-state index is 11.7. The number of amides is 1. The molecule has 1 amide bonds. The number of nitrogens with one attached hydrogen (secondary N) is 1. The molecule has 17 heavy (non-hydrogen) atoms. The summed E-state index contributed by atoms with van der Waals surface area (Å²) in [6.45, 7) is 5.57. The summed E-state index contributed by atoms with van der Waals surface area (Å²) in [5, 5.41) is 3.00. The van der Waals surface area contributed by atoms with Crippen LogP contribution in [0.5, 0.6) is 0 Å². The monoisotopic (exact) mass is 240 g/mol. The Morgan fingerprint density at radius 2 is 1.94 bits per heavy atom. The van der Waals surface area contributed by atoms with E-state index in [-0.39, 0.29) is 11.9 Å². The second-order valence-corrected chi connectivity index (χ2v) is 6.18. The normalized spacial score (nSPS) is 20.0. The summed E-state index contributed by atoms with van der Waals surface area (Å²) >= 11 is 0. The molecule has 1 aliphatic rings. The fourth-order valence-electron chi connectivity index (χ4n) is 2.44. The Morgan fingerprint density at radius 3 is 2.47 bits per heavy atom. The Kier molecular flexibility index (Phi) is 5.44. The van der Waals surface area contributed by atoms with Gasteiger partial charge >= 0.3 is 0 Å². The summed E-state index contributed by atoms with van der Waals surface area (Å²) in [5.74, 6) is 0.836. The minimum absolute atomic E-state index is 0.0476. The van der Waals surface area contributed by atoms with Gasteiger partial charge in [-0.1, -0.05) is 32.1 Å². The first-order valence-electron chi connectivity index (χ1n) is 6.99. The van der Waals surface area contributed by atoms with Crippen LogP contribution in [0.1, 0.15) is 65.7 Å². The Labute approximate surface area is 106 Å². The van der Waals surface area contributed by atoms with Gasteiger partial charge in [-0.15, -0.1) is 0 Å². The van der Waals surface area contributed by atoms with Gasteiger partial charge in [0.05, 0.1) is 5.54 Å². The summed E-state index contributed by atoms with van der Waals surface area (Å²) < 4.78 is 0. The summed E-state index contributed by atoms with van der Waals surface area (Å²) in [5.41, 5.74) is 4.99. The van der Waals surface area contributed by atoms with Gasteiger partial charge in [-0.25, -0.2) is 0 Å². The quantitative estimate of drug-likeness (QED) is 0.776. The van der Waals surface area contributed by atoms with Crippen LogP contribution in [0, 0.1) is 5.92 Å². The molecular formula is C14H28N2O. The first-order valence-corrected chi connectivity index (χ1v) is 6.99. The second-order valence-electron chi connectivity index (χ2n) is 6.18. The molecule has 0 aromatic heterocycles. The van der Waals surface area contributed by atoms with Crippen molar-refractivity contribution in [3.05, 3.63) is 0 Å². The van der Waals surface area contributed by atoms with Crippen molar-refractivity contribution in [2.75, 3.05) is 0 Å². The predicted molar refractivity (Wildman–Crippen MR) is 71.7 cm³/mol. The van der Waals surface area contributed by atoms with E-state index in [4.69, 9.17) is 5.73 Å². The average Bonchev–Trinajstić information content (AvgIpc) is 2.26. The predicted octanol–water partition coefficient (Wildman–Crippen LogP) is 2.59. The third-order valence-corrected chi connectivity index (χ3v) is 3.70. The van der Waals surface area contributed by atoms with Gasteiger partial charge in [0.1, 0.15) is 0 Å². The van der Waals surface area contributed by atoms with Crippen LogP contribution in [0.3, 0.4) is 0 Å². The zero-order chi connectivity index (χ0) is 12.9. The van der Waals surface area contributed by atoms with Crippen LogP contribution in [0.2, 0.25) is 0 Å². The van der Waals surface area contributed by atoms with E-state index in [1.54, 1.807) is 13.8 Å². The van der Waals surface area contributed by atoms with Crippen LogP contribution in [0.15, 0.2) is 0 Å². The Morgan fingerprint density at radius 1 is 1.35 bits per heavy atom. The Hall–Kier alpha value is -0.570. The fraction of sp³-hybridized carbons (Fsp3) is 0.929. The van der Waals surface area contributed by atoms with E-state index in [9.17, 15) is 4.79 Å². The molecule has 0 aromatic carbocycles. The molecule has 0 heterocycles. The zero-order valence-corrected chi connectivity index (χ0v) is 11.6. The van der Waals surface area contributed by atoms with Crippen LogP contribution in [0.4, 0.5) is 0 Å². The highest BCUT2D eigenvalue weighted by Crippen LogP contribution is 2.27. The molecule has 0 saturated heterocycles. The molecule has 1 atom stereocenters. The largest absolute Gasteiger partial charge is 0.352 e. The van der Waals surface area contributed by atoms with Gasteiger partial charge in [0.2, 0.25) is 5.91 Å². The van der Waals surface area contributed by atoms with Gasteiger partial charge < -0.3 is 11.1 Å². The highest BCUT2D eigenvalue weighted by atomic mass is 16.2. The van der Waals surface area contributed by atoms with Crippen LogP contribution >= 0.6 is 0 Å². The molecule has 1 fully saturated rings.